The van der Waals surface area contributed by atoms with E-state index in [1.54, 1.807) is 0 Å². The van der Waals surface area contributed by atoms with E-state index in [1.165, 1.54) is 0 Å². The molecule has 0 atom stereocenters. The molecule has 0 aromatic carbocycles. The highest BCUT2D eigenvalue weighted by molar-refractivity contribution is 5.20. The van der Waals surface area contributed by atoms with E-state index in [0.29, 0.717) is 6.92 Å². The van der Waals surface area contributed by atoms with Crippen molar-refractivity contribution in [1.82, 2.24) is 0 Å². The Balaban J connectivity index is 4.71. The lowest BCUT2D eigenvalue weighted by Gasteiger charge is -1.89. The standard InChI is InChI=1S/C5H3F5/c1-2(6)3(7)4(8)5(9)10/h1H3/b3-2+. The van der Waals surface area contributed by atoms with E-state index in [0.717, 1.165) is 0 Å². The molecule has 0 saturated heterocycles. The van der Waals surface area contributed by atoms with Gasteiger partial charge in [-0.1, -0.05) is 0 Å². The summed E-state index contributed by atoms with van der Waals surface area (Å²) >= 11 is 0. The van der Waals surface area contributed by atoms with Crippen molar-refractivity contribution in [3.8, 4) is 0 Å². The molecule has 10 heavy (non-hydrogen) atoms. The van der Waals surface area contributed by atoms with Crippen LogP contribution in [-0.2, 0) is 0 Å². The van der Waals surface area contributed by atoms with Gasteiger partial charge in [-0.05, 0) is 6.92 Å². The Morgan fingerprint density at radius 1 is 0.800 bits per heavy atom. The number of hydrogen-bond donors (Lipinski definition) is 0. The van der Waals surface area contributed by atoms with Crippen LogP contribution in [-0.4, -0.2) is 0 Å². The molecule has 0 heterocycles. The van der Waals surface area contributed by atoms with Crippen LogP contribution < -0.4 is 0 Å². The molecule has 0 N–H and O–H groups in total. The fourth-order valence-corrected chi connectivity index (χ4v) is 0.234. The predicted molar refractivity (Wildman–Crippen MR) is 25.3 cm³/mol. The Morgan fingerprint density at radius 2 is 1.20 bits per heavy atom. The van der Waals surface area contributed by atoms with Gasteiger partial charge in [0.15, 0.2) is 5.83 Å². The van der Waals surface area contributed by atoms with Gasteiger partial charge in [-0.2, -0.15) is 13.2 Å². The van der Waals surface area contributed by atoms with Gasteiger partial charge < -0.3 is 0 Å². The lowest BCUT2D eigenvalue weighted by molar-refractivity contribution is 0.366. The molecule has 0 aliphatic carbocycles. The third-order valence-corrected chi connectivity index (χ3v) is 0.661. The van der Waals surface area contributed by atoms with Crippen molar-refractivity contribution in [2.24, 2.45) is 0 Å². The van der Waals surface area contributed by atoms with E-state index in [-0.39, 0.29) is 0 Å². The van der Waals surface area contributed by atoms with Crippen LogP contribution in [0.15, 0.2) is 23.6 Å². The highest BCUT2D eigenvalue weighted by Gasteiger charge is 2.14. The maximum atomic E-state index is 11.8. The van der Waals surface area contributed by atoms with Gasteiger partial charge >= 0.3 is 6.08 Å². The van der Waals surface area contributed by atoms with Gasteiger partial charge in [0.1, 0.15) is 5.83 Å². The Morgan fingerprint density at radius 3 is 1.30 bits per heavy atom. The van der Waals surface area contributed by atoms with Crippen LogP contribution in [0.4, 0.5) is 22.0 Å². The molecule has 0 aromatic rings. The average molecular weight is 158 g/mol. The van der Waals surface area contributed by atoms with E-state index >= 15 is 0 Å². The summed E-state index contributed by atoms with van der Waals surface area (Å²) in [6.45, 7) is 0.540. The summed E-state index contributed by atoms with van der Waals surface area (Å²) in [6, 6.07) is 0. The van der Waals surface area contributed by atoms with Gasteiger partial charge in [0, 0.05) is 0 Å². The first-order valence-electron chi connectivity index (χ1n) is 2.19. The summed E-state index contributed by atoms with van der Waals surface area (Å²) in [7, 11) is 0. The highest BCUT2D eigenvalue weighted by Crippen LogP contribution is 2.22. The highest BCUT2D eigenvalue weighted by atomic mass is 19.3. The fraction of sp³-hybridized carbons (Fsp3) is 0.200. The van der Waals surface area contributed by atoms with Crippen molar-refractivity contribution >= 4 is 0 Å². The van der Waals surface area contributed by atoms with Crippen molar-refractivity contribution in [1.29, 1.82) is 0 Å². The molecule has 0 unspecified atom stereocenters. The SMILES string of the molecule is C/C(F)=C(\F)C(F)=C(F)F. The predicted octanol–water partition coefficient (Wildman–Crippen LogP) is 3.23. The largest absolute Gasteiger partial charge is 0.308 e. The van der Waals surface area contributed by atoms with Crippen LogP contribution in [0.2, 0.25) is 0 Å². The van der Waals surface area contributed by atoms with E-state index in [2.05, 4.69) is 0 Å². The Hall–Kier alpha value is -0.870. The van der Waals surface area contributed by atoms with E-state index in [9.17, 15) is 22.0 Å². The normalized spacial score (nSPS) is 12.6. The summed E-state index contributed by atoms with van der Waals surface area (Å²) in [5.74, 6) is -6.20. The molecule has 0 aliphatic rings. The van der Waals surface area contributed by atoms with Crippen LogP contribution in [0.1, 0.15) is 6.92 Å². The Labute approximate surface area is 53.6 Å². The maximum absolute atomic E-state index is 11.8. The third-order valence-electron chi connectivity index (χ3n) is 0.661. The topological polar surface area (TPSA) is 0 Å². The second-order valence-corrected chi connectivity index (χ2v) is 1.42. The molecule has 0 amide bonds. The zero-order valence-electron chi connectivity index (χ0n) is 4.89. The van der Waals surface area contributed by atoms with Gasteiger partial charge in [-0.3, -0.25) is 0 Å². The number of hydrogen-bond acceptors (Lipinski definition) is 0. The van der Waals surface area contributed by atoms with Crippen LogP contribution >= 0.6 is 0 Å². The van der Waals surface area contributed by atoms with Crippen LogP contribution in [0.3, 0.4) is 0 Å². The van der Waals surface area contributed by atoms with Gasteiger partial charge in [0.05, 0.1) is 0 Å². The molecule has 0 aromatic heterocycles. The van der Waals surface area contributed by atoms with Crippen molar-refractivity contribution in [3.05, 3.63) is 23.6 Å². The minimum Gasteiger partial charge on any atom is -0.209 e. The summed E-state index contributed by atoms with van der Waals surface area (Å²) in [6.07, 6.45) is -2.87. The first kappa shape index (κ1) is 9.13. The van der Waals surface area contributed by atoms with Crippen molar-refractivity contribution in [2.75, 3.05) is 0 Å². The van der Waals surface area contributed by atoms with Crippen LogP contribution in [0.25, 0.3) is 0 Å². The van der Waals surface area contributed by atoms with E-state index in [4.69, 9.17) is 0 Å². The fourth-order valence-electron chi connectivity index (χ4n) is 0.234. The maximum Gasteiger partial charge on any atom is 0.308 e. The van der Waals surface area contributed by atoms with Crippen LogP contribution in [0, 0.1) is 0 Å². The third kappa shape index (κ3) is 2.16. The summed E-state index contributed by atoms with van der Waals surface area (Å²) < 4.78 is 57.2. The number of halogens is 5. The Kier molecular flexibility index (Phi) is 3.05. The second-order valence-electron chi connectivity index (χ2n) is 1.42. The zero-order chi connectivity index (χ0) is 8.31. The minimum absolute atomic E-state index is 0.540. The van der Waals surface area contributed by atoms with E-state index < -0.39 is 23.6 Å². The molecule has 58 valence electrons. The van der Waals surface area contributed by atoms with Crippen LogP contribution in [0.5, 0.6) is 0 Å². The lowest BCUT2D eigenvalue weighted by Crippen LogP contribution is -1.79. The molecule has 0 radical (unpaired) electrons. The zero-order valence-corrected chi connectivity index (χ0v) is 4.89. The van der Waals surface area contributed by atoms with Gasteiger partial charge in [-0.15, -0.1) is 0 Å². The molecular formula is C5H3F5. The molecule has 0 nitrogen and oxygen atoms in total. The first-order chi connectivity index (χ1) is 4.46. The molecule has 0 fully saturated rings. The van der Waals surface area contributed by atoms with Gasteiger partial charge in [0.25, 0.3) is 0 Å². The Bertz CT molecular complexity index is 160. The lowest BCUT2D eigenvalue weighted by atomic mass is 10.4. The smallest absolute Gasteiger partial charge is 0.209 e. The molecule has 0 rings (SSSR count). The molecule has 0 aliphatic heterocycles. The first-order valence-corrected chi connectivity index (χ1v) is 2.19. The molecule has 0 bridgehead atoms. The second kappa shape index (κ2) is 3.34. The van der Waals surface area contributed by atoms with E-state index in [1.807, 2.05) is 0 Å². The monoisotopic (exact) mass is 158 g/mol. The summed E-state index contributed by atoms with van der Waals surface area (Å²) in [4.78, 5) is 0. The van der Waals surface area contributed by atoms with Gasteiger partial charge in [-0.25, -0.2) is 8.78 Å². The summed E-state index contributed by atoms with van der Waals surface area (Å²) in [5, 5.41) is 0. The quantitative estimate of drug-likeness (QED) is 0.406. The summed E-state index contributed by atoms with van der Waals surface area (Å²) in [5.41, 5.74) is 0. The molecule has 0 spiro atoms. The van der Waals surface area contributed by atoms with Gasteiger partial charge in [0.2, 0.25) is 5.83 Å². The van der Waals surface area contributed by atoms with Crippen molar-refractivity contribution < 1.29 is 22.0 Å². The average Bonchev–Trinajstić information content (AvgIpc) is 1.84. The minimum atomic E-state index is -2.87. The molecule has 0 saturated carbocycles. The molecular weight excluding hydrogens is 155 g/mol. The number of rotatable bonds is 1. The van der Waals surface area contributed by atoms with Crippen molar-refractivity contribution in [3.63, 3.8) is 0 Å². The van der Waals surface area contributed by atoms with Crippen molar-refractivity contribution in [2.45, 2.75) is 6.92 Å². The molecule has 5 heteroatoms. The number of allylic oxidation sites excluding steroid dienone is 3.